The molecule has 0 aromatic heterocycles. The molecule has 19 heavy (non-hydrogen) atoms. The van der Waals surface area contributed by atoms with Crippen LogP contribution in [0.3, 0.4) is 0 Å². The van der Waals surface area contributed by atoms with Gasteiger partial charge in [-0.25, -0.2) is 0 Å². The largest absolute Gasteiger partial charge is 0.381 e. The van der Waals surface area contributed by atoms with Crippen molar-refractivity contribution < 1.29 is 14.3 Å². The molecule has 1 saturated carbocycles. The molecule has 5 heteroatoms. The standard InChI is InChI=1S/C14H28N2O3/c1-4-16-14(2,13(15)17)8-9-19-12-7-5-6-11(10-12)18-3/h11-12,16H,4-10H2,1-3H3,(H2,15,17). The van der Waals surface area contributed by atoms with Crippen LogP contribution in [0.5, 0.6) is 0 Å². The van der Waals surface area contributed by atoms with Crippen molar-refractivity contribution in [2.75, 3.05) is 20.3 Å². The second kappa shape index (κ2) is 7.82. The maximum atomic E-state index is 11.5. The fourth-order valence-electron chi connectivity index (χ4n) is 2.59. The van der Waals surface area contributed by atoms with Crippen molar-refractivity contribution in [2.45, 2.75) is 63.7 Å². The van der Waals surface area contributed by atoms with Gasteiger partial charge in [-0.2, -0.15) is 0 Å². The molecule has 112 valence electrons. The van der Waals surface area contributed by atoms with Crippen molar-refractivity contribution in [3.05, 3.63) is 0 Å². The second-order valence-corrected chi connectivity index (χ2v) is 5.49. The van der Waals surface area contributed by atoms with Crippen molar-refractivity contribution in [3.8, 4) is 0 Å². The van der Waals surface area contributed by atoms with Gasteiger partial charge in [0.05, 0.1) is 17.7 Å². The zero-order valence-corrected chi connectivity index (χ0v) is 12.4. The first kappa shape index (κ1) is 16.4. The van der Waals surface area contributed by atoms with Crippen LogP contribution in [0.2, 0.25) is 0 Å². The fraction of sp³-hybridized carbons (Fsp3) is 0.929. The van der Waals surface area contributed by atoms with Crippen LogP contribution < -0.4 is 11.1 Å². The Hall–Kier alpha value is -0.650. The molecule has 1 aliphatic rings. The molecule has 3 atom stereocenters. The van der Waals surface area contributed by atoms with E-state index in [9.17, 15) is 4.79 Å². The Morgan fingerprint density at radius 1 is 1.42 bits per heavy atom. The number of carbonyl (C=O) groups excluding carboxylic acids is 1. The van der Waals surface area contributed by atoms with Gasteiger partial charge in [0.2, 0.25) is 5.91 Å². The predicted molar refractivity (Wildman–Crippen MR) is 74.9 cm³/mol. The van der Waals surface area contributed by atoms with Gasteiger partial charge in [0.15, 0.2) is 0 Å². The summed E-state index contributed by atoms with van der Waals surface area (Å²) < 4.78 is 11.3. The van der Waals surface area contributed by atoms with Crippen LogP contribution in [-0.4, -0.2) is 43.9 Å². The van der Waals surface area contributed by atoms with Gasteiger partial charge in [0.25, 0.3) is 0 Å². The number of rotatable bonds is 8. The molecule has 1 rings (SSSR count). The molecule has 0 aromatic carbocycles. The van der Waals surface area contributed by atoms with E-state index < -0.39 is 5.54 Å². The molecule has 0 radical (unpaired) electrons. The van der Waals surface area contributed by atoms with Crippen LogP contribution in [-0.2, 0) is 14.3 Å². The maximum Gasteiger partial charge on any atom is 0.237 e. The minimum Gasteiger partial charge on any atom is -0.381 e. The summed E-state index contributed by atoms with van der Waals surface area (Å²) in [6.07, 6.45) is 5.45. The number of ether oxygens (including phenoxy) is 2. The number of primary amides is 1. The van der Waals surface area contributed by atoms with Crippen molar-refractivity contribution in [1.82, 2.24) is 5.32 Å². The van der Waals surface area contributed by atoms with E-state index in [0.717, 1.165) is 25.7 Å². The first-order valence-corrected chi connectivity index (χ1v) is 7.21. The topological polar surface area (TPSA) is 73.6 Å². The molecule has 0 heterocycles. The Kier molecular flexibility index (Phi) is 6.75. The van der Waals surface area contributed by atoms with E-state index in [4.69, 9.17) is 15.2 Å². The lowest BCUT2D eigenvalue weighted by atomic mass is 9.94. The van der Waals surface area contributed by atoms with E-state index in [1.165, 1.54) is 0 Å². The third-order valence-electron chi connectivity index (χ3n) is 3.98. The Morgan fingerprint density at radius 2 is 2.11 bits per heavy atom. The summed E-state index contributed by atoms with van der Waals surface area (Å²) >= 11 is 0. The highest BCUT2D eigenvalue weighted by Gasteiger charge is 2.30. The summed E-state index contributed by atoms with van der Waals surface area (Å²) in [5.41, 5.74) is 4.77. The van der Waals surface area contributed by atoms with E-state index in [1.54, 1.807) is 7.11 Å². The van der Waals surface area contributed by atoms with Crippen molar-refractivity contribution in [1.29, 1.82) is 0 Å². The van der Waals surface area contributed by atoms with Crippen LogP contribution in [0.4, 0.5) is 0 Å². The Labute approximate surface area is 116 Å². The van der Waals surface area contributed by atoms with Gasteiger partial charge >= 0.3 is 0 Å². The number of hydrogen-bond donors (Lipinski definition) is 2. The molecule has 1 aliphatic carbocycles. The van der Waals surface area contributed by atoms with Crippen LogP contribution in [0, 0.1) is 0 Å². The summed E-state index contributed by atoms with van der Waals surface area (Å²) in [5.74, 6) is -0.323. The smallest absolute Gasteiger partial charge is 0.237 e. The van der Waals surface area contributed by atoms with Gasteiger partial charge in [-0.3, -0.25) is 4.79 Å². The minimum atomic E-state index is -0.677. The third kappa shape index (κ3) is 5.09. The summed E-state index contributed by atoms with van der Waals surface area (Å²) in [7, 11) is 1.75. The monoisotopic (exact) mass is 272 g/mol. The molecule has 5 nitrogen and oxygen atoms in total. The fourth-order valence-corrected chi connectivity index (χ4v) is 2.59. The first-order valence-electron chi connectivity index (χ1n) is 7.21. The SMILES string of the molecule is CCNC(C)(CCOC1CCCC(OC)C1)C(N)=O. The number of nitrogens with two attached hydrogens (primary N) is 1. The van der Waals surface area contributed by atoms with E-state index in [0.29, 0.717) is 25.7 Å². The van der Waals surface area contributed by atoms with Gasteiger partial charge in [-0.1, -0.05) is 6.92 Å². The lowest BCUT2D eigenvalue weighted by Crippen LogP contribution is -2.53. The average Bonchev–Trinajstić information content (AvgIpc) is 2.39. The molecule has 0 saturated heterocycles. The van der Waals surface area contributed by atoms with Crippen molar-refractivity contribution >= 4 is 5.91 Å². The molecule has 1 amide bonds. The number of hydrogen-bond acceptors (Lipinski definition) is 4. The zero-order chi connectivity index (χ0) is 14.3. The van der Waals surface area contributed by atoms with Gasteiger partial charge in [-0.15, -0.1) is 0 Å². The molecule has 3 unspecified atom stereocenters. The third-order valence-corrected chi connectivity index (χ3v) is 3.98. The van der Waals surface area contributed by atoms with Crippen LogP contribution in [0.1, 0.15) is 46.0 Å². The van der Waals surface area contributed by atoms with Gasteiger partial charge in [-0.05, 0) is 45.6 Å². The number of amides is 1. The van der Waals surface area contributed by atoms with Gasteiger partial charge < -0.3 is 20.5 Å². The van der Waals surface area contributed by atoms with Crippen molar-refractivity contribution in [2.24, 2.45) is 5.73 Å². The number of nitrogens with one attached hydrogen (secondary N) is 1. The Bertz CT molecular complexity index is 286. The Balaban J connectivity index is 2.33. The van der Waals surface area contributed by atoms with Crippen molar-refractivity contribution in [3.63, 3.8) is 0 Å². The summed E-state index contributed by atoms with van der Waals surface area (Å²) in [5, 5.41) is 3.14. The normalized spacial score (nSPS) is 26.9. The molecule has 1 fully saturated rings. The lowest BCUT2D eigenvalue weighted by molar-refractivity contribution is -0.125. The Morgan fingerprint density at radius 3 is 2.68 bits per heavy atom. The van der Waals surface area contributed by atoms with Crippen LogP contribution in [0.25, 0.3) is 0 Å². The number of likely N-dealkylation sites (N-methyl/N-ethyl adjacent to an activating group) is 1. The summed E-state index contributed by atoms with van der Waals surface area (Å²) in [6.45, 7) is 5.07. The summed E-state index contributed by atoms with van der Waals surface area (Å²) in [6, 6.07) is 0. The highest BCUT2D eigenvalue weighted by Crippen LogP contribution is 2.23. The highest BCUT2D eigenvalue weighted by atomic mass is 16.5. The van der Waals surface area contributed by atoms with E-state index in [-0.39, 0.29) is 12.0 Å². The summed E-state index contributed by atoms with van der Waals surface area (Å²) in [4.78, 5) is 11.5. The van der Waals surface area contributed by atoms with Gasteiger partial charge in [0.1, 0.15) is 0 Å². The quantitative estimate of drug-likeness (QED) is 0.696. The number of carbonyl (C=O) groups is 1. The molecular weight excluding hydrogens is 244 g/mol. The van der Waals surface area contributed by atoms with Gasteiger partial charge in [0, 0.05) is 13.7 Å². The van der Waals surface area contributed by atoms with E-state index in [2.05, 4.69) is 5.32 Å². The molecule has 0 spiro atoms. The highest BCUT2D eigenvalue weighted by molar-refractivity contribution is 5.84. The molecule has 0 aliphatic heterocycles. The molecule has 3 N–H and O–H groups in total. The predicted octanol–water partition coefficient (Wildman–Crippen LogP) is 1.20. The number of methoxy groups -OCH3 is 1. The maximum absolute atomic E-state index is 11.5. The molecule has 0 bridgehead atoms. The lowest BCUT2D eigenvalue weighted by Gasteiger charge is -2.31. The average molecular weight is 272 g/mol. The minimum absolute atomic E-state index is 0.248. The van der Waals surface area contributed by atoms with Crippen LogP contribution >= 0.6 is 0 Å². The van der Waals surface area contributed by atoms with E-state index in [1.807, 2.05) is 13.8 Å². The molecule has 0 aromatic rings. The first-order chi connectivity index (χ1) is 9.01. The zero-order valence-electron chi connectivity index (χ0n) is 12.4. The second-order valence-electron chi connectivity index (χ2n) is 5.49. The molecular formula is C14H28N2O3. The van der Waals surface area contributed by atoms with Crippen LogP contribution in [0.15, 0.2) is 0 Å². The van der Waals surface area contributed by atoms with E-state index >= 15 is 0 Å².